The molecule has 2 aromatic carbocycles. The SMILES string of the molecule is Nc1ccc(C#Cc2ccc(N=O)cc2)cc1. The molecule has 0 aliphatic heterocycles. The van der Waals surface area contributed by atoms with Crippen LogP contribution in [0, 0.1) is 16.7 Å². The second-order valence-electron chi connectivity index (χ2n) is 3.51. The average Bonchev–Trinajstić information content (AvgIpc) is 2.39. The molecule has 17 heavy (non-hydrogen) atoms. The summed E-state index contributed by atoms with van der Waals surface area (Å²) < 4.78 is 0. The normalized spacial score (nSPS) is 9.18. The third kappa shape index (κ3) is 2.93. The van der Waals surface area contributed by atoms with E-state index in [1.165, 1.54) is 0 Å². The van der Waals surface area contributed by atoms with E-state index in [-0.39, 0.29) is 0 Å². The molecule has 0 heterocycles. The first kappa shape index (κ1) is 10.9. The van der Waals surface area contributed by atoms with Crippen molar-refractivity contribution in [3.05, 3.63) is 64.6 Å². The number of nitrogens with two attached hydrogens (primary N) is 1. The first-order chi connectivity index (χ1) is 8.28. The number of hydrogen-bond donors (Lipinski definition) is 1. The average molecular weight is 222 g/mol. The Balaban J connectivity index is 2.20. The van der Waals surface area contributed by atoms with E-state index in [4.69, 9.17) is 5.73 Å². The summed E-state index contributed by atoms with van der Waals surface area (Å²) in [4.78, 5) is 10.2. The summed E-state index contributed by atoms with van der Waals surface area (Å²) in [6, 6.07) is 14.2. The van der Waals surface area contributed by atoms with E-state index in [9.17, 15) is 4.91 Å². The van der Waals surface area contributed by atoms with Gasteiger partial charge in [-0.2, -0.15) is 0 Å². The minimum Gasteiger partial charge on any atom is -0.399 e. The molecule has 0 aromatic heterocycles. The van der Waals surface area contributed by atoms with Gasteiger partial charge in [-0.05, 0) is 53.7 Å². The standard InChI is InChI=1S/C14H10N2O/c15-13-7-3-11(4-8-13)1-2-12-5-9-14(16-17)10-6-12/h3-10H,15H2. The maximum absolute atomic E-state index is 10.2. The molecule has 2 rings (SSSR count). The lowest BCUT2D eigenvalue weighted by molar-refractivity contribution is 1.49. The second kappa shape index (κ2) is 4.95. The molecule has 0 aliphatic carbocycles. The van der Waals surface area contributed by atoms with Crippen LogP contribution < -0.4 is 5.73 Å². The molecule has 82 valence electrons. The third-order valence-electron chi connectivity index (χ3n) is 2.23. The number of rotatable bonds is 1. The molecule has 0 unspecified atom stereocenters. The highest BCUT2D eigenvalue weighted by Crippen LogP contribution is 2.11. The van der Waals surface area contributed by atoms with Crippen LogP contribution in [0.1, 0.15) is 11.1 Å². The zero-order chi connectivity index (χ0) is 12.1. The fourth-order valence-corrected chi connectivity index (χ4v) is 1.32. The topological polar surface area (TPSA) is 55.4 Å². The van der Waals surface area contributed by atoms with Crippen molar-refractivity contribution < 1.29 is 0 Å². The molecule has 0 bridgehead atoms. The van der Waals surface area contributed by atoms with Gasteiger partial charge in [-0.1, -0.05) is 11.8 Å². The van der Waals surface area contributed by atoms with E-state index in [0.29, 0.717) is 5.69 Å². The predicted molar refractivity (Wildman–Crippen MR) is 68.7 cm³/mol. The highest BCUT2D eigenvalue weighted by Gasteiger charge is 1.90. The zero-order valence-corrected chi connectivity index (χ0v) is 9.05. The smallest absolute Gasteiger partial charge is 0.108 e. The quantitative estimate of drug-likeness (QED) is 0.458. The summed E-state index contributed by atoms with van der Waals surface area (Å²) in [6.45, 7) is 0. The van der Waals surface area contributed by atoms with Crippen molar-refractivity contribution in [3.63, 3.8) is 0 Å². The third-order valence-corrected chi connectivity index (χ3v) is 2.23. The van der Waals surface area contributed by atoms with Gasteiger partial charge >= 0.3 is 0 Å². The molecule has 0 fully saturated rings. The number of anilines is 1. The summed E-state index contributed by atoms with van der Waals surface area (Å²) in [7, 11) is 0. The Bertz CT molecular complexity index is 574. The van der Waals surface area contributed by atoms with Crippen molar-refractivity contribution in [3.8, 4) is 11.8 Å². The monoisotopic (exact) mass is 222 g/mol. The molecule has 0 atom stereocenters. The molecule has 0 radical (unpaired) electrons. The van der Waals surface area contributed by atoms with Gasteiger partial charge in [-0.25, -0.2) is 0 Å². The number of nitroso groups, excluding NO2 is 1. The molecule has 0 saturated heterocycles. The second-order valence-corrected chi connectivity index (χ2v) is 3.51. The Morgan fingerprint density at radius 1 is 0.824 bits per heavy atom. The van der Waals surface area contributed by atoms with Gasteiger partial charge in [0, 0.05) is 16.8 Å². The first-order valence-corrected chi connectivity index (χ1v) is 5.09. The van der Waals surface area contributed by atoms with E-state index in [1.54, 1.807) is 24.3 Å². The molecular weight excluding hydrogens is 212 g/mol. The van der Waals surface area contributed by atoms with Gasteiger partial charge < -0.3 is 5.73 Å². The van der Waals surface area contributed by atoms with E-state index < -0.39 is 0 Å². The van der Waals surface area contributed by atoms with E-state index in [1.807, 2.05) is 24.3 Å². The van der Waals surface area contributed by atoms with Crippen LogP contribution >= 0.6 is 0 Å². The van der Waals surface area contributed by atoms with Crippen molar-refractivity contribution in [2.75, 3.05) is 5.73 Å². The van der Waals surface area contributed by atoms with Gasteiger partial charge in [0.25, 0.3) is 0 Å². The van der Waals surface area contributed by atoms with Crippen molar-refractivity contribution >= 4 is 11.4 Å². The lowest BCUT2D eigenvalue weighted by atomic mass is 10.1. The fourth-order valence-electron chi connectivity index (χ4n) is 1.32. The number of nitrogen functional groups attached to an aromatic ring is 1. The summed E-state index contributed by atoms with van der Waals surface area (Å²) in [5.41, 5.74) is 8.44. The minimum absolute atomic E-state index is 0.406. The minimum atomic E-state index is 0.406. The Morgan fingerprint density at radius 3 is 1.76 bits per heavy atom. The summed E-state index contributed by atoms with van der Waals surface area (Å²) in [6.07, 6.45) is 0. The van der Waals surface area contributed by atoms with Gasteiger partial charge in [0.15, 0.2) is 0 Å². The zero-order valence-electron chi connectivity index (χ0n) is 9.05. The van der Waals surface area contributed by atoms with Crippen molar-refractivity contribution in [1.82, 2.24) is 0 Å². The molecule has 2 aromatic rings. The van der Waals surface area contributed by atoms with Crippen LogP contribution in [0.2, 0.25) is 0 Å². The van der Waals surface area contributed by atoms with Crippen LogP contribution in [0.15, 0.2) is 53.7 Å². The first-order valence-electron chi connectivity index (χ1n) is 5.09. The van der Waals surface area contributed by atoms with Crippen molar-refractivity contribution in [2.45, 2.75) is 0 Å². The van der Waals surface area contributed by atoms with Crippen molar-refractivity contribution in [2.24, 2.45) is 5.18 Å². The van der Waals surface area contributed by atoms with Crippen LogP contribution in [0.5, 0.6) is 0 Å². The van der Waals surface area contributed by atoms with Crippen LogP contribution in [-0.2, 0) is 0 Å². The van der Waals surface area contributed by atoms with Crippen LogP contribution in [0.4, 0.5) is 11.4 Å². The Morgan fingerprint density at radius 2 is 1.29 bits per heavy atom. The summed E-state index contributed by atoms with van der Waals surface area (Å²) in [5.74, 6) is 6.01. The Kier molecular flexibility index (Phi) is 3.18. The van der Waals surface area contributed by atoms with Crippen LogP contribution in [-0.4, -0.2) is 0 Å². The lowest BCUT2D eigenvalue weighted by Gasteiger charge is -1.92. The molecule has 0 saturated carbocycles. The lowest BCUT2D eigenvalue weighted by Crippen LogP contribution is -1.83. The van der Waals surface area contributed by atoms with Gasteiger partial charge in [0.1, 0.15) is 5.69 Å². The largest absolute Gasteiger partial charge is 0.399 e. The van der Waals surface area contributed by atoms with Gasteiger partial charge in [0.05, 0.1) is 0 Å². The summed E-state index contributed by atoms with van der Waals surface area (Å²) in [5, 5.41) is 2.83. The number of nitrogens with zero attached hydrogens (tertiary/aromatic N) is 1. The van der Waals surface area contributed by atoms with Crippen LogP contribution in [0.3, 0.4) is 0 Å². The molecule has 3 heteroatoms. The summed E-state index contributed by atoms with van der Waals surface area (Å²) >= 11 is 0. The molecule has 3 nitrogen and oxygen atoms in total. The highest BCUT2D eigenvalue weighted by atomic mass is 16.3. The van der Waals surface area contributed by atoms with Crippen LogP contribution in [0.25, 0.3) is 0 Å². The number of hydrogen-bond acceptors (Lipinski definition) is 3. The predicted octanol–water partition coefficient (Wildman–Crippen LogP) is 3.07. The molecule has 0 aliphatic rings. The molecule has 2 N–H and O–H groups in total. The Labute approximate surface area is 99.3 Å². The maximum Gasteiger partial charge on any atom is 0.108 e. The van der Waals surface area contributed by atoms with E-state index in [0.717, 1.165) is 16.8 Å². The van der Waals surface area contributed by atoms with Gasteiger partial charge in [-0.3, -0.25) is 0 Å². The van der Waals surface area contributed by atoms with Gasteiger partial charge in [-0.15, -0.1) is 4.91 Å². The fraction of sp³-hybridized carbons (Fsp3) is 0. The highest BCUT2D eigenvalue weighted by molar-refractivity contribution is 5.49. The number of benzene rings is 2. The molecular formula is C14H10N2O. The molecule has 0 spiro atoms. The van der Waals surface area contributed by atoms with E-state index in [2.05, 4.69) is 17.0 Å². The van der Waals surface area contributed by atoms with E-state index >= 15 is 0 Å². The maximum atomic E-state index is 10.2. The van der Waals surface area contributed by atoms with Gasteiger partial charge in [0.2, 0.25) is 0 Å². The molecule has 0 amide bonds. The van der Waals surface area contributed by atoms with Crippen molar-refractivity contribution in [1.29, 1.82) is 0 Å². The Hall–Kier alpha value is -2.60.